The van der Waals surface area contributed by atoms with E-state index in [4.69, 9.17) is 0 Å². The van der Waals surface area contributed by atoms with Crippen molar-refractivity contribution in [3.05, 3.63) is 65.2 Å². The highest BCUT2D eigenvalue weighted by atomic mass is 16.1. The Hall–Kier alpha value is -2.09. The lowest BCUT2D eigenvalue weighted by Crippen LogP contribution is -2.30. The summed E-state index contributed by atoms with van der Waals surface area (Å²) in [5.74, 6) is 0.173. The van der Waals surface area contributed by atoms with E-state index < -0.39 is 0 Å². The molecule has 0 N–H and O–H groups in total. The Labute approximate surface area is 121 Å². The van der Waals surface area contributed by atoms with Crippen LogP contribution >= 0.6 is 0 Å². The number of Topliss-reactive ketones (excluding diaryl/α,β-unsaturated/α-hetero) is 1. The molecule has 0 aliphatic carbocycles. The number of carbonyl (C=O) groups is 1. The molecule has 0 heterocycles. The van der Waals surface area contributed by atoms with Crippen molar-refractivity contribution in [2.24, 2.45) is 0 Å². The summed E-state index contributed by atoms with van der Waals surface area (Å²) in [6.45, 7) is 7.37. The van der Waals surface area contributed by atoms with E-state index in [1.54, 1.807) is 0 Å². The number of anilines is 1. The van der Waals surface area contributed by atoms with Gasteiger partial charge in [-0.2, -0.15) is 0 Å². The second-order valence-corrected chi connectivity index (χ2v) is 5.09. The van der Waals surface area contributed by atoms with E-state index in [9.17, 15) is 4.79 Å². The van der Waals surface area contributed by atoms with Crippen molar-refractivity contribution in [2.45, 2.75) is 20.8 Å². The summed E-state index contributed by atoms with van der Waals surface area (Å²) in [5.41, 5.74) is 4.18. The molecule has 0 saturated carbocycles. The van der Waals surface area contributed by atoms with Crippen LogP contribution in [-0.4, -0.2) is 18.9 Å². The minimum atomic E-state index is 0.173. The molecule has 0 aliphatic rings. The van der Waals surface area contributed by atoms with Gasteiger partial charge in [-0.05, 0) is 44.0 Å². The third kappa shape index (κ3) is 3.27. The van der Waals surface area contributed by atoms with E-state index in [2.05, 4.69) is 36.9 Å². The predicted molar refractivity (Wildman–Crippen MR) is 84.6 cm³/mol. The Morgan fingerprint density at radius 1 is 1.05 bits per heavy atom. The molecule has 0 unspecified atom stereocenters. The fourth-order valence-electron chi connectivity index (χ4n) is 2.35. The highest BCUT2D eigenvalue weighted by molar-refractivity contribution is 6.00. The smallest absolute Gasteiger partial charge is 0.182 e. The summed E-state index contributed by atoms with van der Waals surface area (Å²) in [6.07, 6.45) is 0. The molecule has 0 saturated heterocycles. The van der Waals surface area contributed by atoms with Crippen LogP contribution in [-0.2, 0) is 0 Å². The van der Waals surface area contributed by atoms with Crippen LogP contribution in [0.1, 0.15) is 28.4 Å². The summed E-state index contributed by atoms with van der Waals surface area (Å²) in [4.78, 5) is 14.6. The van der Waals surface area contributed by atoms with Crippen molar-refractivity contribution in [2.75, 3.05) is 18.0 Å². The van der Waals surface area contributed by atoms with E-state index in [0.717, 1.165) is 23.4 Å². The quantitative estimate of drug-likeness (QED) is 0.763. The second kappa shape index (κ2) is 6.38. The SMILES string of the molecule is CCN(CC(=O)c1ccccc1C)c1cccc(C)c1. The average Bonchev–Trinajstić information content (AvgIpc) is 2.45. The lowest BCUT2D eigenvalue weighted by Gasteiger charge is -2.23. The number of aryl methyl sites for hydroxylation is 2. The van der Waals surface area contributed by atoms with Crippen LogP contribution in [0.2, 0.25) is 0 Å². The zero-order valence-electron chi connectivity index (χ0n) is 12.4. The molecular weight excluding hydrogens is 246 g/mol. The van der Waals surface area contributed by atoms with Crippen molar-refractivity contribution < 1.29 is 4.79 Å². The summed E-state index contributed by atoms with van der Waals surface area (Å²) in [5, 5.41) is 0. The molecule has 2 heteroatoms. The molecule has 2 rings (SSSR count). The van der Waals surface area contributed by atoms with Crippen molar-refractivity contribution >= 4 is 11.5 Å². The van der Waals surface area contributed by atoms with Gasteiger partial charge in [-0.3, -0.25) is 4.79 Å². The molecule has 104 valence electrons. The standard InChI is InChI=1S/C18H21NO/c1-4-19(16-10-7-8-14(2)12-16)13-18(20)17-11-6-5-9-15(17)3/h5-12H,4,13H2,1-3H3. The van der Waals surface area contributed by atoms with Gasteiger partial charge in [-0.25, -0.2) is 0 Å². The molecule has 20 heavy (non-hydrogen) atoms. The molecule has 2 aromatic rings. The lowest BCUT2D eigenvalue weighted by molar-refractivity contribution is 0.0998. The van der Waals surface area contributed by atoms with Crippen LogP contribution in [0.15, 0.2) is 48.5 Å². The maximum Gasteiger partial charge on any atom is 0.182 e. The number of hydrogen-bond acceptors (Lipinski definition) is 2. The number of rotatable bonds is 5. The highest BCUT2D eigenvalue weighted by Crippen LogP contribution is 2.17. The molecule has 0 fully saturated rings. The molecule has 2 aromatic carbocycles. The zero-order valence-corrected chi connectivity index (χ0v) is 12.4. The first-order valence-corrected chi connectivity index (χ1v) is 7.02. The first kappa shape index (κ1) is 14.3. The van der Waals surface area contributed by atoms with Gasteiger partial charge in [0.15, 0.2) is 5.78 Å². The Morgan fingerprint density at radius 2 is 1.80 bits per heavy atom. The van der Waals surface area contributed by atoms with Crippen LogP contribution in [0.25, 0.3) is 0 Å². The van der Waals surface area contributed by atoms with Crippen LogP contribution in [0.3, 0.4) is 0 Å². The van der Waals surface area contributed by atoms with Crippen molar-refractivity contribution in [1.82, 2.24) is 0 Å². The summed E-state index contributed by atoms with van der Waals surface area (Å²) in [7, 11) is 0. The average molecular weight is 267 g/mol. The largest absolute Gasteiger partial charge is 0.364 e. The monoisotopic (exact) mass is 267 g/mol. The van der Waals surface area contributed by atoms with Gasteiger partial charge in [0, 0.05) is 17.8 Å². The molecule has 0 aliphatic heterocycles. The molecule has 0 amide bonds. The Bertz CT molecular complexity index is 604. The Morgan fingerprint density at radius 3 is 2.45 bits per heavy atom. The molecule has 0 atom stereocenters. The van der Waals surface area contributed by atoms with Crippen LogP contribution in [0.5, 0.6) is 0 Å². The van der Waals surface area contributed by atoms with Crippen molar-refractivity contribution in [1.29, 1.82) is 0 Å². The zero-order chi connectivity index (χ0) is 14.5. The summed E-state index contributed by atoms with van der Waals surface area (Å²) in [6, 6.07) is 16.0. The number of ketones is 1. The lowest BCUT2D eigenvalue weighted by atomic mass is 10.0. The van der Waals surface area contributed by atoms with Crippen molar-refractivity contribution in [3.8, 4) is 0 Å². The molecule has 0 spiro atoms. The van der Waals surface area contributed by atoms with Crippen molar-refractivity contribution in [3.63, 3.8) is 0 Å². The summed E-state index contributed by atoms with van der Waals surface area (Å²) < 4.78 is 0. The van der Waals surface area contributed by atoms with Gasteiger partial charge in [0.05, 0.1) is 6.54 Å². The molecule has 0 aromatic heterocycles. The van der Waals surface area contributed by atoms with Gasteiger partial charge in [0.2, 0.25) is 0 Å². The van der Waals surface area contributed by atoms with E-state index in [0.29, 0.717) is 6.54 Å². The third-order valence-electron chi connectivity index (χ3n) is 3.53. The molecular formula is C18H21NO. The normalized spacial score (nSPS) is 10.3. The minimum Gasteiger partial charge on any atom is -0.364 e. The number of nitrogens with zero attached hydrogens (tertiary/aromatic N) is 1. The molecule has 0 radical (unpaired) electrons. The van der Waals surface area contributed by atoms with Gasteiger partial charge in [-0.1, -0.05) is 36.4 Å². The fraction of sp³-hybridized carbons (Fsp3) is 0.278. The summed E-state index contributed by atoms with van der Waals surface area (Å²) >= 11 is 0. The van der Waals surface area contributed by atoms with Crippen LogP contribution < -0.4 is 4.90 Å². The Balaban J connectivity index is 2.19. The van der Waals surface area contributed by atoms with Gasteiger partial charge >= 0.3 is 0 Å². The van der Waals surface area contributed by atoms with E-state index in [1.165, 1.54) is 5.56 Å². The van der Waals surface area contributed by atoms with Gasteiger partial charge < -0.3 is 4.90 Å². The number of likely N-dealkylation sites (N-methyl/N-ethyl adjacent to an activating group) is 1. The topological polar surface area (TPSA) is 20.3 Å². The predicted octanol–water partition coefficient (Wildman–Crippen LogP) is 4.01. The maximum absolute atomic E-state index is 12.5. The molecule has 0 bridgehead atoms. The first-order valence-electron chi connectivity index (χ1n) is 7.02. The fourth-order valence-corrected chi connectivity index (χ4v) is 2.35. The van der Waals surface area contributed by atoms with E-state index in [1.807, 2.05) is 37.3 Å². The number of benzene rings is 2. The number of carbonyl (C=O) groups excluding carboxylic acids is 1. The van der Waals surface area contributed by atoms with Crippen LogP contribution in [0.4, 0.5) is 5.69 Å². The van der Waals surface area contributed by atoms with Gasteiger partial charge in [0.1, 0.15) is 0 Å². The minimum absolute atomic E-state index is 0.173. The highest BCUT2D eigenvalue weighted by Gasteiger charge is 2.13. The third-order valence-corrected chi connectivity index (χ3v) is 3.53. The van der Waals surface area contributed by atoms with E-state index in [-0.39, 0.29) is 5.78 Å². The molecule has 2 nitrogen and oxygen atoms in total. The van der Waals surface area contributed by atoms with Gasteiger partial charge in [0.25, 0.3) is 0 Å². The van der Waals surface area contributed by atoms with E-state index >= 15 is 0 Å². The second-order valence-electron chi connectivity index (χ2n) is 5.09. The van der Waals surface area contributed by atoms with Crippen LogP contribution in [0, 0.1) is 13.8 Å². The van der Waals surface area contributed by atoms with Gasteiger partial charge in [-0.15, -0.1) is 0 Å². The first-order chi connectivity index (χ1) is 9.61. The maximum atomic E-state index is 12.5. The number of hydrogen-bond donors (Lipinski definition) is 0. The Kier molecular flexibility index (Phi) is 4.57.